The van der Waals surface area contributed by atoms with Crippen LogP contribution >= 0.6 is 0 Å². The first-order valence-electron chi connectivity index (χ1n) is 11.9. The number of Topliss-reactive ketones (excluding diaryl/α,β-unsaturated/α-hetero) is 1. The number of carbonyl (C=O) groups excluding carboxylic acids is 3. The average Bonchev–Trinajstić information content (AvgIpc) is 3.40. The van der Waals surface area contributed by atoms with E-state index in [1.165, 1.54) is 24.4 Å². The quantitative estimate of drug-likeness (QED) is 0.182. The van der Waals surface area contributed by atoms with E-state index in [0.29, 0.717) is 55.1 Å². The minimum absolute atomic E-state index is 0.0956. The van der Waals surface area contributed by atoms with Gasteiger partial charge in [-0.1, -0.05) is 18.2 Å². The van der Waals surface area contributed by atoms with Gasteiger partial charge in [-0.15, -0.1) is 0 Å². The molecule has 1 saturated heterocycles. The molecule has 2 aromatic heterocycles. The van der Waals surface area contributed by atoms with E-state index in [2.05, 4.69) is 21.7 Å². The van der Waals surface area contributed by atoms with E-state index in [4.69, 9.17) is 14.2 Å². The first kappa shape index (κ1) is 25.8. The molecule has 0 atom stereocenters. The number of amides is 2. The van der Waals surface area contributed by atoms with Gasteiger partial charge in [-0.05, 0) is 18.9 Å². The number of rotatable bonds is 11. The van der Waals surface area contributed by atoms with E-state index < -0.39 is 11.7 Å². The lowest BCUT2D eigenvalue weighted by Crippen LogP contribution is -2.52. The summed E-state index contributed by atoms with van der Waals surface area (Å²) < 4.78 is 16.6. The zero-order chi connectivity index (χ0) is 26.2. The minimum atomic E-state index is -0.680. The Bertz CT molecular complexity index is 1270. The molecule has 0 unspecified atom stereocenters. The second kappa shape index (κ2) is 12.1. The molecule has 0 radical (unpaired) electrons. The smallest absolute Gasteiger partial charge is 0.295 e. The van der Waals surface area contributed by atoms with Gasteiger partial charge < -0.3 is 29.0 Å². The number of ketones is 1. The number of methoxy groups -OCH3 is 1. The van der Waals surface area contributed by atoms with Crippen molar-refractivity contribution in [3.63, 3.8) is 0 Å². The minimum Gasteiger partial charge on any atom is -0.489 e. The number of hydrogen-bond donors (Lipinski definition) is 1. The summed E-state index contributed by atoms with van der Waals surface area (Å²) in [6.45, 7) is 6.04. The fourth-order valence-electron chi connectivity index (χ4n) is 4.11. The first-order chi connectivity index (χ1) is 18.0. The molecule has 1 N–H and O–H groups in total. The number of fused-ring (bicyclic) bond motifs is 1. The van der Waals surface area contributed by atoms with Gasteiger partial charge in [0, 0.05) is 37.9 Å². The predicted molar refractivity (Wildman–Crippen MR) is 137 cm³/mol. The molecule has 3 heterocycles. The monoisotopic (exact) mass is 507 g/mol. The maximum absolute atomic E-state index is 13.3. The van der Waals surface area contributed by atoms with E-state index >= 15 is 0 Å². The van der Waals surface area contributed by atoms with Gasteiger partial charge in [0.15, 0.2) is 0 Å². The summed E-state index contributed by atoms with van der Waals surface area (Å²) in [7, 11) is 1.47. The molecule has 3 aromatic rings. The Labute approximate surface area is 214 Å². The molecule has 1 aromatic carbocycles. The molecule has 0 spiro atoms. The van der Waals surface area contributed by atoms with Crippen LogP contribution in [0.1, 0.15) is 20.7 Å². The van der Waals surface area contributed by atoms with Gasteiger partial charge in [0.25, 0.3) is 17.6 Å². The fourth-order valence-corrected chi connectivity index (χ4v) is 4.11. The number of aromatic nitrogens is 2. The first-order valence-corrected chi connectivity index (χ1v) is 11.9. The lowest BCUT2D eigenvalue weighted by Gasteiger charge is -2.34. The van der Waals surface area contributed by atoms with E-state index in [1.807, 2.05) is 18.2 Å². The van der Waals surface area contributed by atoms with Crippen molar-refractivity contribution in [2.24, 2.45) is 4.99 Å². The highest BCUT2D eigenvalue weighted by Crippen LogP contribution is 2.33. The number of carbonyl (C=O) groups is 3. The van der Waals surface area contributed by atoms with E-state index in [9.17, 15) is 14.4 Å². The highest BCUT2D eigenvalue weighted by Gasteiger charge is 2.31. The van der Waals surface area contributed by atoms with Gasteiger partial charge in [-0.25, -0.2) is 4.98 Å². The fraction of sp³-hybridized carbons (Fsp3) is 0.346. The lowest BCUT2D eigenvalue weighted by atomic mass is 10.1. The molecule has 1 fully saturated rings. The molecular weight excluding hydrogens is 478 g/mol. The van der Waals surface area contributed by atoms with Crippen LogP contribution in [0, 0.1) is 0 Å². The van der Waals surface area contributed by atoms with Gasteiger partial charge in [0.2, 0.25) is 5.88 Å². The maximum atomic E-state index is 13.3. The standard InChI is InChI=1S/C26H29N5O6/c1-27-8-13-36-14-15-37-20-17-29-24(35-2)22-21(20)19(16-28-22)23(32)26(34)31-11-9-30(10-12-31)25(33)18-6-4-3-5-7-18/h3-7,16-17,28H,1,8-15H2,2H3. The Kier molecular flexibility index (Phi) is 8.47. The predicted octanol–water partition coefficient (Wildman–Crippen LogP) is 1.83. The summed E-state index contributed by atoms with van der Waals surface area (Å²) in [6.07, 6.45) is 2.92. The largest absolute Gasteiger partial charge is 0.489 e. The van der Waals surface area contributed by atoms with Crippen molar-refractivity contribution < 1.29 is 28.6 Å². The number of aliphatic imine (C=N–C) groups is 1. The highest BCUT2D eigenvalue weighted by molar-refractivity contribution is 6.45. The Morgan fingerprint density at radius 3 is 2.49 bits per heavy atom. The molecule has 11 heteroatoms. The summed E-state index contributed by atoms with van der Waals surface area (Å²) in [5.74, 6) is -0.816. The molecule has 37 heavy (non-hydrogen) atoms. The molecule has 194 valence electrons. The highest BCUT2D eigenvalue weighted by atomic mass is 16.5. The second-order valence-electron chi connectivity index (χ2n) is 8.27. The summed E-state index contributed by atoms with van der Waals surface area (Å²) >= 11 is 0. The number of nitrogens with zero attached hydrogens (tertiary/aromatic N) is 4. The summed E-state index contributed by atoms with van der Waals surface area (Å²) in [6, 6.07) is 8.98. The Morgan fingerprint density at radius 1 is 1.05 bits per heavy atom. The maximum Gasteiger partial charge on any atom is 0.295 e. The van der Waals surface area contributed by atoms with Crippen molar-refractivity contribution in [1.82, 2.24) is 19.8 Å². The third-order valence-electron chi connectivity index (χ3n) is 6.03. The van der Waals surface area contributed by atoms with Crippen LogP contribution in [0.4, 0.5) is 0 Å². The van der Waals surface area contributed by atoms with E-state index in [1.54, 1.807) is 17.0 Å². The number of H-pyrrole nitrogens is 1. The van der Waals surface area contributed by atoms with Crippen molar-refractivity contribution in [2.45, 2.75) is 0 Å². The van der Waals surface area contributed by atoms with Crippen LogP contribution in [0.5, 0.6) is 11.6 Å². The van der Waals surface area contributed by atoms with Gasteiger partial charge >= 0.3 is 0 Å². The second-order valence-corrected chi connectivity index (χ2v) is 8.27. The van der Waals surface area contributed by atoms with Gasteiger partial charge in [0.05, 0.1) is 44.0 Å². The van der Waals surface area contributed by atoms with Crippen LogP contribution < -0.4 is 9.47 Å². The number of benzene rings is 1. The third-order valence-corrected chi connectivity index (χ3v) is 6.03. The molecule has 4 rings (SSSR count). The van der Waals surface area contributed by atoms with Crippen LogP contribution in [0.3, 0.4) is 0 Å². The van der Waals surface area contributed by atoms with Crippen molar-refractivity contribution in [2.75, 3.05) is 59.7 Å². The van der Waals surface area contributed by atoms with E-state index in [0.717, 1.165) is 0 Å². The number of ether oxygens (including phenoxy) is 3. The molecule has 1 aliphatic rings. The van der Waals surface area contributed by atoms with Gasteiger partial charge in [-0.2, -0.15) is 0 Å². The van der Waals surface area contributed by atoms with Crippen molar-refractivity contribution in [3.05, 3.63) is 53.9 Å². The van der Waals surface area contributed by atoms with Crippen LogP contribution in [0.2, 0.25) is 0 Å². The Morgan fingerprint density at radius 2 is 1.78 bits per heavy atom. The molecule has 2 amide bonds. The number of pyridine rings is 1. The Balaban J connectivity index is 1.45. The molecule has 0 saturated carbocycles. The molecule has 0 bridgehead atoms. The molecule has 1 aliphatic heterocycles. The van der Waals surface area contributed by atoms with E-state index in [-0.39, 0.29) is 37.0 Å². The number of aromatic amines is 1. The topological polar surface area (TPSA) is 126 Å². The van der Waals surface area contributed by atoms with Crippen LogP contribution in [0.25, 0.3) is 10.9 Å². The van der Waals surface area contributed by atoms with Gasteiger partial charge in [-0.3, -0.25) is 19.4 Å². The zero-order valence-electron chi connectivity index (χ0n) is 20.6. The van der Waals surface area contributed by atoms with Crippen LogP contribution in [-0.2, 0) is 9.53 Å². The summed E-state index contributed by atoms with van der Waals surface area (Å²) in [4.78, 5) is 53.2. The number of hydrogen-bond acceptors (Lipinski definition) is 8. The number of nitrogens with one attached hydrogen (secondary N) is 1. The SMILES string of the molecule is C=NCCOCCOc1cnc(OC)c2[nH]cc(C(=O)C(=O)N3CCN(C(=O)c4ccccc4)CC3)c12. The van der Waals surface area contributed by atoms with Crippen molar-refractivity contribution in [1.29, 1.82) is 0 Å². The van der Waals surface area contributed by atoms with Gasteiger partial charge in [0.1, 0.15) is 17.9 Å². The lowest BCUT2D eigenvalue weighted by molar-refractivity contribution is -0.127. The molecule has 11 nitrogen and oxygen atoms in total. The number of piperazine rings is 1. The summed E-state index contributed by atoms with van der Waals surface area (Å²) in [5.41, 5.74) is 1.21. The van der Waals surface area contributed by atoms with Crippen molar-refractivity contribution >= 4 is 35.2 Å². The van der Waals surface area contributed by atoms with Crippen LogP contribution in [0.15, 0.2) is 47.7 Å². The average molecular weight is 508 g/mol. The molecule has 0 aliphatic carbocycles. The molecular formula is C26H29N5O6. The summed E-state index contributed by atoms with van der Waals surface area (Å²) in [5, 5.41) is 0.413. The zero-order valence-corrected chi connectivity index (χ0v) is 20.6. The van der Waals surface area contributed by atoms with Crippen LogP contribution in [-0.4, -0.2) is 104 Å². The van der Waals surface area contributed by atoms with Crippen molar-refractivity contribution in [3.8, 4) is 11.6 Å². The normalized spacial score (nSPS) is 13.4. The third kappa shape index (κ3) is 5.78. The Hall–Kier alpha value is -4.25.